The number of benzene rings is 1. The number of fused-ring (bicyclic) bond motifs is 1. The van der Waals surface area contributed by atoms with E-state index in [-0.39, 0.29) is 0 Å². The lowest BCUT2D eigenvalue weighted by Crippen LogP contribution is -2.30. The molecule has 0 aromatic heterocycles. The van der Waals surface area contributed by atoms with Crippen LogP contribution < -0.4 is 10.1 Å². The first-order chi connectivity index (χ1) is 8.61. The Hall–Kier alpha value is -0.440. The molecular formula is C14H19Cl2NO. The molecule has 2 unspecified atom stereocenters. The molecule has 1 aromatic carbocycles. The minimum atomic E-state index is 0.291. The summed E-state index contributed by atoms with van der Waals surface area (Å²) in [5, 5.41) is 4.86. The average molecular weight is 288 g/mol. The van der Waals surface area contributed by atoms with E-state index in [4.69, 9.17) is 27.9 Å². The Morgan fingerprint density at radius 3 is 2.94 bits per heavy atom. The van der Waals surface area contributed by atoms with Crippen LogP contribution in [0.2, 0.25) is 10.0 Å². The summed E-state index contributed by atoms with van der Waals surface area (Å²) in [4.78, 5) is 0. The summed E-state index contributed by atoms with van der Waals surface area (Å²) in [6, 6.07) is 3.98. The molecule has 1 heterocycles. The van der Waals surface area contributed by atoms with E-state index in [0.717, 1.165) is 24.3 Å². The number of halogens is 2. The van der Waals surface area contributed by atoms with Gasteiger partial charge in [-0.15, -0.1) is 0 Å². The molecule has 0 amide bonds. The molecular weight excluding hydrogens is 269 g/mol. The van der Waals surface area contributed by atoms with Crippen LogP contribution in [0.4, 0.5) is 0 Å². The Bertz CT molecular complexity index is 423. The Kier molecular flexibility index (Phi) is 4.77. The van der Waals surface area contributed by atoms with Crippen LogP contribution in [0.1, 0.15) is 38.3 Å². The maximum atomic E-state index is 6.17. The van der Waals surface area contributed by atoms with Gasteiger partial charge in [0.05, 0.1) is 11.6 Å². The van der Waals surface area contributed by atoms with Crippen molar-refractivity contribution in [2.75, 3.05) is 13.2 Å². The predicted octanol–water partition coefficient (Wildman–Crippen LogP) is 4.45. The molecule has 4 heteroatoms. The molecule has 0 fully saturated rings. The van der Waals surface area contributed by atoms with Gasteiger partial charge in [0.1, 0.15) is 5.75 Å². The summed E-state index contributed by atoms with van der Waals surface area (Å²) in [5.74, 6) is 1.46. The van der Waals surface area contributed by atoms with Gasteiger partial charge in [0.15, 0.2) is 0 Å². The zero-order valence-electron chi connectivity index (χ0n) is 10.8. The maximum absolute atomic E-state index is 6.17. The van der Waals surface area contributed by atoms with E-state index in [0.29, 0.717) is 28.6 Å². The van der Waals surface area contributed by atoms with Crippen LogP contribution in [0, 0.1) is 5.92 Å². The van der Waals surface area contributed by atoms with E-state index >= 15 is 0 Å². The van der Waals surface area contributed by atoms with Crippen LogP contribution in [0.5, 0.6) is 5.75 Å². The van der Waals surface area contributed by atoms with Crippen LogP contribution in [0.15, 0.2) is 12.1 Å². The molecule has 1 aliphatic rings. The van der Waals surface area contributed by atoms with Gasteiger partial charge in [-0.2, -0.15) is 0 Å². The Morgan fingerprint density at radius 2 is 2.22 bits per heavy atom. The van der Waals surface area contributed by atoms with Crippen molar-refractivity contribution in [3.8, 4) is 5.75 Å². The molecule has 0 saturated carbocycles. The second-order valence-electron chi connectivity index (χ2n) is 4.92. The van der Waals surface area contributed by atoms with E-state index in [1.54, 1.807) is 6.07 Å². The molecule has 0 aliphatic carbocycles. The lowest BCUT2D eigenvalue weighted by Gasteiger charge is -2.28. The number of nitrogens with one attached hydrogen (secondary N) is 1. The highest BCUT2D eigenvalue weighted by atomic mass is 35.5. The van der Waals surface area contributed by atoms with E-state index in [1.165, 1.54) is 6.42 Å². The van der Waals surface area contributed by atoms with Gasteiger partial charge in [0.2, 0.25) is 0 Å². The van der Waals surface area contributed by atoms with Gasteiger partial charge in [-0.3, -0.25) is 0 Å². The van der Waals surface area contributed by atoms with Gasteiger partial charge in [-0.05, 0) is 24.6 Å². The molecule has 0 radical (unpaired) electrons. The van der Waals surface area contributed by atoms with Gasteiger partial charge < -0.3 is 10.1 Å². The largest absolute Gasteiger partial charge is 0.492 e. The van der Waals surface area contributed by atoms with E-state index in [9.17, 15) is 0 Å². The van der Waals surface area contributed by atoms with Crippen molar-refractivity contribution in [2.45, 2.75) is 32.7 Å². The molecule has 0 spiro atoms. The number of hydrogen-bond donors (Lipinski definition) is 1. The number of rotatable bonds is 4. The van der Waals surface area contributed by atoms with E-state index in [2.05, 4.69) is 19.2 Å². The summed E-state index contributed by atoms with van der Waals surface area (Å²) < 4.78 is 5.64. The number of hydrogen-bond acceptors (Lipinski definition) is 2. The van der Waals surface area contributed by atoms with Crippen molar-refractivity contribution < 1.29 is 4.74 Å². The Morgan fingerprint density at radius 1 is 1.44 bits per heavy atom. The quantitative estimate of drug-likeness (QED) is 0.883. The fraction of sp³-hybridized carbons (Fsp3) is 0.571. The third-order valence-electron chi connectivity index (χ3n) is 3.48. The molecule has 2 nitrogen and oxygen atoms in total. The molecule has 100 valence electrons. The third-order valence-corrected chi connectivity index (χ3v) is 3.97. The SMILES string of the molecule is CCC(C)CNC1CCOc2c(Cl)cc(Cl)cc21. The summed E-state index contributed by atoms with van der Waals surface area (Å²) >= 11 is 12.2. The first kappa shape index (κ1) is 14.0. The second-order valence-corrected chi connectivity index (χ2v) is 5.76. The molecule has 1 aromatic rings. The summed E-state index contributed by atoms with van der Waals surface area (Å²) in [7, 11) is 0. The molecule has 1 N–H and O–H groups in total. The summed E-state index contributed by atoms with van der Waals surface area (Å²) in [6.45, 7) is 6.16. The molecule has 0 saturated heterocycles. The van der Waals surface area contributed by atoms with Crippen LogP contribution in [-0.2, 0) is 0 Å². The first-order valence-electron chi connectivity index (χ1n) is 6.47. The smallest absolute Gasteiger partial charge is 0.142 e. The third kappa shape index (κ3) is 3.11. The van der Waals surface area contributed by atoms with Crippen molar-refractivity contribution in [3.05, 3.63) is 27.7 Å². The van der Waals surface area contributed by atoms with Crippen molar-refractivity contribution in [3.63, 3.8) is 0 Å². The zero-order chi connectivity index (χ0) is 13.1. The normalized spacial score (nSPS) is 20.1. The van der Waals surface area contributed by atoms with Crippen molar-refractivity contribution in [1.29, 1.82) is 0 Å². The Balaban J connectivity index is 2.17. The molecule has 1 aliphatic heterocycles. The van der Waals surface area contributed by atoms with Gasteiger partial charge in [-0.25, -0.2) is 0 Å². The predicted molar refractivity (Wildman–Crippen MR) is 76.8 cm³/mol. The second kappa shape index (κ2) is 6.14. The zero-order valence-corrected chi connectivity index (χ0v) is 12.3. The van der Waals surface area contributed by atoms with Gasteiger partial charge >= 0.3 is 0 Å². The molecule has 18 heavy (non-hydrogen) atoms. The fourth-order valence-electron chi connectivity index (χ4n) is 2.13. The van der Waals surface area contributed by atoms with E-state index in [1.807, 2.05) is 6.07 Å². The monoisotopic (exact) mass is 287 g/mol. The van der Waals surface area contributed by atoms with Crippen LogP contribution in [0.3, 0.4) is 0 Å². The van der Waals surface area contributed by atoms with Gasteiger partial charge in [0.25, 0.3) is 0 Å². The van der Waals surface area contributed by atoms with Crippen molar-refractivity contribution in [2.24, 2.45) is 5.92 Å². The van der Waals surface area contributed by atoms with Gasteiger partial charge in [-0.1, -0.05) is 43.5 Å². The lowest BCUT2D eigenvalue weighted by atomic mass is 9.99. The van der Waals surface area contributed by atoms with Crippen LogP contribution >= 0.6 is 23.2 Å². The van der Waals surface area contributed by atoms with Crippen LogP contribution in [-0.4, -0.2) is 13.2 Å². The van der Waals surface area contributed by atoms with Gasteiger partial charge in [0, 0.05) is 23.0 Å². The number of ether oxygens (including phenoxy) is 1. The highest BCUT2D eigenvalue weighted by Gasteiger charge is 2.24. The van der Waals surface area contributed by atoms with Crippen LogP contribution in [0.25, 0.3) is 0 Å². The van der Waals surface area contributed by atoms with Crippen molar-refractivity contribution in [1.82, 2.24) is 5.32 Å². The fourth-order valence-corrected chi connectivity index (χ4v) is 2.69. The Labute approximate surface area is 119 Å². The molecule has 2 atom stereocenters. The standard InChI is InChI=1S/C14H19Cl2NO/c1-3-9(2)8-17-13-4-5-18-14-11(13)6-10(15)7-12(14)16/h6-7,9,13,17H,3-5,8H2,1-2H3. The van der Waals surface area contributed by atoms with Crippen molar-refractivity contribution >= 4 is 23.2 Å². The molecule has 2 rings (SSSR count). The van der Waals surface area contributed by atoms with E-state index < -0.39 is 0 Å². The highest BCUT2D eigenvalue weighted by Crippen LogP contribution is 2.39. The average Bonchev–Trinajstić information content (AvgIpc) is 2.36. The summed E-state index contributed by atoms with van der Waals surface area (Å²) in [6.07, 6.45) is 2.14. The maximum Gasteiger partial charge on any atom is 0.142 e. The minimum absolute atomic E-state index is 0.291. The lowest BCUT2D eigenvalue weighted by molar-refractivity contribution is 0.249. The first-order valence-corrected chi connectivity index (χ1v) is 7.22. The summed E-state index contributed by atoms with van der Waals surface area (Å²) in [5.41, 5.74) is 1.09. The molecule has 0 bridgehead atoms. The highest BCUT2D eigenvalue weighted by molar-refractivity contribution is 6.35. The topological polar surface area (TPSA) is 21.3 Å². The minimum Gasteiger partial charge on any atom is -0.492 e.